The van der Waals surface area contributed by atoms with Gasteiger partial charge in [0, 0.05) is 26.7 Å². The molecule has 0 bridgehead atoms. The van der Waals surface area contributed by atoms with E-state index < -0.39 is 10.0 Å². The van der Waals surface area contributed by atoms with Crippen molar-refractivity contribution in [1.82, 2.24) is 14.3 Å². The fourth-order valence-electron chi connectivity index (χ4n) is 3.04. The van der Waals surface area contributed by atoms with Gasteiger partial charge in [-0.05, 0) is 47.5 Å². The second-order valence-electron chi connectivity index (χ2n) is 6.48. The number of ether oxygens (including phenoxy) is 1. The minimum Gasteiger partial charge on any atom is -0.480 e. The van der Waals surface area contributed by atoms with Crippen LogP contribution in [0.4, 0.5) is 5.95 Å². The first-order valence-electron chi connectivity index (χ1n) is 8.18. The Kier molecular flexibility index (Phi) is 5.31. The third-order valence-corrected chi connectivity index (χ3v) is 7.56. The Hall–Kier alpha value is -0.930. The van der Waals surface area contributed by atoms with Gasteiger partial charge in [-0.25, -0.2) is 17.7 Å². The van der Waals surface area contributed by atoms with Crippen LogP contribution in [0.5, 0.6) is 5.88 Å². The van der Waals surface area contributed by atoms with Gasteiger partial charge in [0.1, 0.15) is 0 Å². The van der Waals surface area contributed by atoms with E-state index in [1.165, 1.54) is 0 Å². The largest absolute Gasteiger partial charge is 0.480 e. The topological polar surface area (TPSA) is 75.6 Å². The maximum absolute atomic E-state index is 12.2. The van der Waals surface area contributed by atoms with Gasteiger partial charge in [-0.1, -0.05) is 0 Å². The summed E-state index contributed by atoms with van der Waals surface area (Å²) in [6, 6.07) is 0. The Balaban J connectivity index is 1.56. The molecule has 1 aliphatic heterocycles. The highest BCUT2D eigenvalue weighted by molar-refractivity contribution is 9.10. The van der Waals surface area contributed by atoms with Crippen molar-refractivity contribution in [2.24, 2.45) is 5.92 Å². The molecule has 0 radical (unpaired) electrons. The van der Waals surface area contributed by atoms with Crippen molar-refractivity contribution in [1.29, 1.82) is 0 Å². The molecule has 0 unspecified atom stereocenters. The SMILES string of the molecule is COc1nc(N2CCC(CN(C)S(=O)(=O)C3CC3)CC2)ncc1Br. The molecule has 1 aromatic heterocycles. The summed E-state index contributed by atoms with van der Waals surface area (Å²) >= 11 is 3.36. The molecule has 2 fully saturated rings. The van der Waals surface area contributed by atoms with Crippen molar-refractivity contribution in [3.63, 3.8) is 0 Å². The minimum atomic E-state index is -3.07. The molecule has 2 aliphatic rings. The average molecular weight is 419 g/mol. The normalized spacial score (nSPS) is 19.8. The molecule has 1 saturated heterocycles. The lowest BCUT2D eigenvalue weighted by Gasteiger charge is -2.33. The second kappa shape index (κ2) is 7.13. The number of rotatable bonds is 6. The molecule has 2 heterocycles. The fraction of sp³-hybridized carbons (Fsp3) is 0.733. The first-order valence-corrected chi connectivity index (χ1v) is 10.5. The molecule has 0 spiro atoms. The van der Waals surface area contributed by atoms with Crippen molar-refractivity contribution >= 4 is 31.9 Å². The van der Waals surface area contributed by atoms with Gasteiger partial charge in [0.25, 0.3) is 0 Å². The first kappa shape index (κ1) is 17.9. The third-order valence-electron chi connectivity index (χ3n) is 4.69. The molecule has 9 heteroatoms. The number of nitrogens with zero attached hydrogens (tertiary/aromatic N) is 4. The van der Waals surface area contributed by atoms with Crippen LogP contribution in [0.15, 0.2) is 10.7 Å². The van der Waals surface area contributed by atoms with E-state index >= 15 is 0 Å². The van der Waals surface area contributed by atoms with E-state index in [4.69, 9.17) is 4.74 Å². The molecule has 0 amide bonds. The lowest BCUT2D eigenvalue weighted by atomic mass is 9.97. The van der Waals surface area contributed by atoms with Gasteiger partial charge in [-0.15, -0.1) is 0 Å². The summed E-state index contributed by atoms with van der Waals surface area (Å²) < 4.78 is 32.0. The molecule has 0 N–H and O–H groups in total. The molecular weight excluding hydrogens is 396 g/mol. The number of halogens is 1. The molecule has 7 nitrogen and oxygen atoms in total. The molecular formula is C15H23BrN4O3S. The zero-order valence-corrected chi connectivity index (χ0v) is 16.4. The Labute approximate surface area is 151 Å². The second-order valence-corrected chi connectivity index (χ2v) is 9.66. The van der Waals surface area contributed by atoms with Crippen molar-refractivity contribution in [2.45, 2.75) is 30.9 Å². The van der Waals surface area contributed by atoms with Gasteiger partial charge in [-0.2, -0.15) is 4.98 Å². The van der Waals surface area contributed by atoms with E-state index in [9.17, 15) is 8.42 Å². The van der Waals surface area contributed by atoms with E-state index in [0.29, 0.717) is 24.3 Å². The molecule has 1 aliphatic carbocycles. The van der Waals surface area contributed by atoms with Crippen LogP contribution >= 0.6 is 15.9 Å². The van der Waals surface area contributed by atoms with Gasteiger partial charge in [0.2, 0.25) is 21.9 Å². The highest BCUT2D eigenvalue weighted by atomic mass is 79.9. The highest BCUT2D eigenvalue weighted by Gasteiger charge is 2.39. The number of hydrogen-bond donors (Lipinski definition) is 0. The van der Waals surface area contributed by atoms with E-state index in [1.807, 2.05) is 0 Å². The summed E-state index contributed by atoms with van der Waals surface area (Å²) in [5, 5.41) is -0.133. The van der Waals surface area contributed by atoms with Gasteiger partial charge in [0.05, 0.1) is 23.0 Å². The van der Waals surface area contributed by atoms with E-state index in [1.54, 1.807) is 24.7 Å². The maximum atomic E-state index is 12.2. The molecule has 0 atom stereocenters. The maximum Gasteiger partial charge on any atom is 0.232 e. The predicted octanol–water partition coefficient (Wildman–Crippen LogP) is 1.89. The lowest BCUT2D eigenvalue weighted by Crippen LogP contribution is -2.40. The molecule has 1 aromatic rings. The first-order chi connectivity index (χ1) is 11.4. The van der Waals surface area contributed by atoms with Crippen molar-refractivity contribution in [3.05, 3.63) is 10.7 Å². The number of sulfonamides is 1. The summed E-state index contributed by atoms with van der Waals surface area (Å²) in [5.74, 6) is 1.57. The van der Waals surface area contributed by atoms with Crippen molar-refractivity contribution in [3.8, 4) is 5.88 Å². The highest BCUT2D eigenvalue weighted by Crippen LogP contribution is 2.32. The summed E-state index contributed by atoms with van der Waals surface area (Å²) in [4.78, 5) is 10.9. The smallest absolute Gasteiger partial charge is 0.232 e. The van der Waals surface area contributed by atoms with E-state index in [-0.39, 0.29) is 5.25 Å². The standard InChI is InChI=1S/C15H23BrN4O3S/c1-19(24(21,22)12-3-4-12)10-11-5-7-20(8-6-11)15-17-9-13(16)14(18-15)23-2/h9,11-12H,3-8,10H2,1-2H3. The number of hydrogen-bond acceptors (Lipinski definition) is 6. The van der Waals surface area contributed by atoms with Crippen LogP contribution in [0.1, 0.15) is 25.7 Å². The van der Waals surface area contributed by atoms with Crippen LogP contribution < -0.4 is 9.64 Å². The molecule has 134 valence electrons. The van der Waals surface area contributed by atoms with Gasteiger partial charge in [0.15, 0.2) is 0 Å². The Bertz CT molecular complexity index is 688. The predicted molar refractivity (Wildman–Crippen MR) is 95.8 cm³/mol. The zero-order chi connectivity index (χ0) is 17.3. The molecule has 3 rings (SSSR count). The van der Waals surface area contributed by atoms with Crippen LogP contribution in [0.2, 0.25) is 0 Å². The number of anilines is 1. The van der Waals surface area contributed by atoms with Crippen LogP contribution in [0, 0.1) is 5.92 Å². The number of aromatic nitrogens is 2. The lowest BCUT2D eigenvalue weighted by molar-refractivity contribution is 0.325. The summed E-state index contributed by atoms with van der Waals surface area (Å²) in [5.41, 5.74) is 0. The Morgan fingerprint density at radius 3 is 2.58 bits per heavy atom. The zero-order valence-electron chi connectivity index (χ0n) is 14.0. The van der Waals surface area contributed by atoms with E-state index in [0.717, 1.165) is 43.2 Å². The van der Waals surface area contributed by atoms with Crippen LogP contribution in [0.25, 0.3) is 0 Å². The quantitative estimate of drug-likeness (QED) is 0.701. The Morgan fingerprint density at radius 1 is 1.33 bits per heavy atom. The Morgan fingerprint density at radius 2 is 2.00 bits per heavy atom. The summed E-state index contributed by atoms with van der Waals surface area (Å²) in [7, 11) is 0.222. The summed E-state index contributed by atoms with van der Waals surface area (Å²) in [6.45, 7) is 2.26. The van der Waals surface area contributed by atoms with Gasteiger partial charge in [-0.3, -0.25) is 0 Å². The van der Waals surface area contributed by atoms with Crippen LogP contribution in [0.3, 0.4) is 0 Å². The fourth-order valence-corrected chi connectivity index (χ4v) is 5.05. The molecule has 1 saturated carbocycles. The summed E-state index contributed by atoms with van der Waals surface area (Å²) in [6.07, 6.45) is 5.20. The monoisotopic (exact) mass is 418 g/mol. The van der Waals surface area contributed by atoms with Crippen molar-refractivity contribution in [2.75, 3.05) is 38.7 Å². The van der Waals surface area contributed by atoms with Gasteiger partial charge < -0.3 is 9.64 Å². The average Bonchev–Trinajstić information content (AvgIpc) is 3.41. The van der Waals surface area contributed by atoms with Gasteiger partial charge >= 0.3 is 0 Å². The minimum absolute atomic E-state index is 0.133. The van der Waals surface area contributed by atoms with E-state index in [2.05, 4.69) is 30.8 Å². The van der Waals surface area contributed by atoms with Crippen molar-refractivity contribution < 1.29 is 13.2 Å². The molecule has 24 heavy (non-hydrogen) atoms. The van der Waals surface area contributed by atoms with Crippen LogP contribution in [-0.2, 0) is 10.0 Å². The molecule has 0 aromatic carbocycles. The van der Waals surface area contributed by atoms with Crippen LogP contribution in [-0.4, -0.2) is 61.7 Å². The number of methoxy groups -OCH3 is 1. The number of piperidine rings is 1. The third kappa shape index (κ3) is 3.83.